The second-order valence-corrected chi connectivity index (χ2v) is 5.01. The number of nitrogens with one attached hydrogen (secondary N) is 2. The van der Waals surface area contributed by atoms with Crippen molar-refractivity contribution >= 4 is 34.0 Å². The van der Waals surface area contributed by atoms with Gasteiger partial charge in [-0.2, -0.15) is 0 Å². The molecule has 0 saturated heterocycles. The first-order chi connectivity index (χ1) is 9.25. The van der Waals surface area contributed by atoms with E-state index in [4.69, 9.17) is 5.73 Å². The molecule has 96 valence electrons. The van der Waals surface area contributed by atoms with Crippen molar-refractivity contribution in [1.29, 1.82) is 0 Å². The fraction of sp³-hybridized carbons (Fsp3) is 0.0769. The van der Waals surface area contributed by atoms with Crippen LogP contribution in [0.4, 0.5) is 5.69 Å². The van der Waals surface area contributed by atoms with Crippen LogP contribution in [0, 0.1) is 0 Å². The van der Waals surface area contributed by atoms with Gasteiger partial charge >= 0.3 is 0 Å². The van der Waals surface area contributed by atoms with Crippen molar-refractivity contribution < 1.29 is 4.79 Å². The number of aromatic amines is 1. The van der Waals surface area contributed by atoms with Crippen LogP contribution in [0.25, 0.3) is 11.0 Å². The van der Waals surface area contributed by atoms with Crippen LogP contribution < -0.4 is 11.1 Å². The standard InChI is InChI=1S/C13H12N4OS/c14-12(18)11-10(3-5-19-11)16-6-8-7-17-13-9(8)2-1-4-15-13/h1-5,7,16H,6H2,(H2,14,18)(H,15,17). The van der Waals surface area contributed by atoms with Gasteiger partial charge in [0, 0.05) is 24.3 Å². The molecule has 3 aromatic rings. The zero-order chi connectivity index (χ0) is 13.2. The van der Waals surface area contributed by atoms with Gasteiger partial charge in [0.1, 0.15) is 10.5 Å². The highest BCUT2D eigenvalue weighted by Gasteiger charge is 2.10. The number of thiophene rings is 1. The Balaban J connectivity index is 1.83. The minimum atomic E-state index is -0.405. The third kappa shape index (κ3) is 2.17. The summed E-state index contributed by atoms with van der Waals surface area (Å²) >= 11 is 1.34. The van der Waals surface area contributed by atoms with E-state index in [0.717, 1.165) is 22.3 Å². The SMILES string of the molecule is NC(=O)c1sccc1NCc1c[nH]c2ncccc12. The molecule has 6 heteroatoms. The number of pyridine rings is 1. The van der Waals surface area contributed by atoms with E-state index in [9.17, 15) is 4.79 Å². The number of rotatable bonds is 4. The van der Waals surface area contributed by atoms with Gasteiger partial charge in [0.15, 0.2) is 0 Å². The van der Waals surface area contributed by atoms with Crippen molar-refractivity contribution in [2.75, 3.05) is 5.32 Å². The molecule has 4 N–H and O–H groups in total. The molecule has 0 aliphatic rings. The second-order valence-electron chi connectivity index (χ2n) is 4.09. The molecular formula is C13H12N4OS. The fourth-order valence-corrected chi connectivity index (χ4v) is 2.71. The lowest BCUT2D eigenvalue weighted by Gasteiger charge is -2.04. The molecule has 0 atom stereocenters. The number of carbonyl (C=O) groups excluding carboxylic acids is 1. The van der Waals surface area contributed by atoms with Crippen LogP contribution in [0.3, 0.4) is 0 Å². The van der Waals surface area contributed by atoms with Crippen LogP contribution >= 0.6 is 11.3 Å². The minimum absolute atomic E-state index is 0.405. The summed E-state index contributed by atoms with van der Waals surface area (Å²) in [5, 5.41) is 6.15. The molecule has 19 heavy (non-hydrogen) atoms. The van der Waals surface area contributed by atoms with Crippen molar-refractivity contribution in [2.24, 2.45) is 5.73 Å². The molecule has 0 fully saturated rings. The number of carbonyl (C=O) groups is 1. The van der Waals surface area contributed by atoms with E-state index >= 15 is 0 Å². The fourth-order valence-electron chi connectivity index (χ4n) is 1.99. The van der Waals surface area contributed by atoms with Gasteiger partial charge in [0.05, 0.1) is 5.69 Å². The van der Waals surface area contributed by atoms with Gasteiger partial charge < -0.3 is 16.0 Å². The molecule has 3 heterocycles. The summed E-state index contributed by atoms with van der Waals surface area (Å²) in [7, 11) is 0. The monoisotopic (exact) mass is 272 g/mol. The Hall–Kier alpha value is -2.34. The highest BCUT2D eigenvalue weighted by atomic mass is 32.1. The Bertz CT molecular complexity index is 731. The van der Waals surface area contributed by atoms with Gasteiger partial charge in [-0.05, 0) is 29.1 Å². The third-order valence-electron chi connectivity index (χ3n) is 2.90. The van der Waals surface area contributed by atoms with E-state index < -0.39 is 5.91 Å². The summed E-state index contributed by atoms with van der Waals surface area (Å²) in [5.74, 6) is -0.405. The molecule has 0 radical (unpaired) electrons. The van der Waals surface area contributed by atoms with Gasteiger partial charge in [-0.15, -0.1) is 11.3 Å². The summed E-state index contributed by atoms with van der Waals surface area (Å²) < 4.78 is 0. The maximum Gasteiger partial charge on any atom is 0.260 e. The minimum Gasteiger partial charge on any atom is -0.380 e. The van der Waals surface area contributed by atoms with Crippen LogP contribution in [-0.4, -0.2) is 15.9 Å². The summed E-state index contributed by atoms with van der Waals surface area (Å²) in [6.45, 7) is 0.614. The normalized spacial score (nSPS) is 10.7. The first kappa shape index (κ1) is 11.7. The molecule has 3 aromatic heterocycles. The molecule has 0 saturated carbocycles. The van der Waals surface area contributed by atoms with E-state index in [-0.39, 0.29) is 0 Å². The number of H-pyrrole nitrogens is 1. The van der Waals surface area contributed by atoms with E-state index in [1.807, 2.05) is 29.8 Å². The van der Waals surface area contributed by atoms with Gasteiger partial charge in [-0.1, -0.05) is 0 Å². The van der Waals surface area contributed by atoms with E-state index in [0.29, 0.717) is 11.4 Å². The van der Waals surface area contributed by atoms with Crippen LogP contribution in [0.1, 0.15) is 15.2 Å². The molecule has 5 nitrogen and oxygen atoms in total. The lowest BCUT2D eigenvalue weighted by Crippen LogP contribution is -2.11. The Kier molecular flexibility index (Phi) is 2.92. The van der Waals surface area contributed by atoms with Crippen molar-refractivity contribution in [3.63, 3.8) is 0 Å². The lowest BCUT2D eigenvalue weighted by atomic mass is 10.2. The number of anilines is 1. The average Bonchev–Trinajstić information content (AvgIpc) is 3.03. The van der Waals surface area contributed by atoms with Crippen molar-refractivity contribution in [3.8, 4) is 0 Å². The van der Waals surface area contributed by atoms with Crippen molar-refractivity contribution in [2.45, 2.75) is 6.54 Å². The number of amides is 1. The van der Waals surface area contributed by atoms with Crippen LogP contribution in [0.15, 0.2) is 36.0 Å². The number of nitrogens with two attached hydrogens (primary N) is 1. The van der Waals surface area contributed by atoms with Crippen molar-refractivity contribution in [3.05, 3.63) is 46.4 Å². The predicted molar refractivity (Wildman–Crippen MR) is 76.3 cm³/mol. The van der Waals surface area contributed by atoms with Gasteiger partial charge in [0.25, 0.3) is 5.91 Å². The topological polar surface area (TPSA) is 83.8 Å². The Morgan fingerprint density at radius 1 is 1.47 bits per heavy atom. The molecule has 1 amide bonds. The average molecular weight is 272 g/mol. The number of hydrogen-bond donors (Lipinski definition) is 3. The molecule has 0 bridgehead atoms. The summed E-state index contributed by atoms with van der Waals surface area (Å²) in [6, 6.07) is 5.77. The zero-order valence-corrected chi connectivity index (χ0v) is 10.8. The molecule has 0 aliphatic carbocycles. The van der Waals surface area contributed by atoms with E-state index in [1.165, 1.54) is 11.3 Å². The quantitative estimate of drug-likeness (QED) is 0.681. The molecule has 0 unspecified atom stereocenters. The Labute approximate surface area is 113 Å². The molecule has 0 spiro atoms. The number of primary amides is 1. The largest absolute Gasteiger partial charge is 0.380 e. The zero-order valence-electron chi connectivity index (χ0n) is 10.0. The maximum atomic E-state index is 11.2. The van der Waals surface area contributed by atoms with Gasteiger partial charge in [-0.25, -0.2) is 4.98 Å². The van der Waals surface area contributed by atoms with Crippen molar-refractivity contribution in [1.82, 2.24) is 9.97 Å². The number of hydrogen-bond acceptors (Lipinski definition) is 4. The number of nitrogens with zero attached hydrogens (tertiary/aromatic N) is 1. The van der Waals surface area contributed by atoms with Gasteiger partial charge in [-0.3, -0.25) is 4.79 Å². The van der Waals surface area contributed by atoms with Crippen LogP contribution in [0.5, 0.6) is 0 Å². The van der Waals surface area contributed by atoms with Gasteiger partial charge in [0.2, 0.25) is 0 Å². The first-order valence-electron chi connectivity index (χ1n) is 5.78. The lowest BCUT2D eigenvalue weighted by molar-refractivity contribution is 0.100. The molecule has 3 rings (SSSR count). The molecule has 0 aromatic carbocycles. The summed E-state index contributed by atoms with van der Waals surface area (Å²) in [4.78, 5) is 19.1. The highest BCUT2D eigenvalue weighted by molar-refractivity contribution is 7.12. The summed E-state index contributed by atoms with van der Waals surface area (Å²) in [6.07, 6.45) is 3.67. The third-order valence-corrected chi connectivity index (χ3v) is 3.82. The van der Waals surface area contributed by atoms with E-state index in [1.54, 1.807) is 6.20 Å². The Morgan fingerprint density at radius 3 is 3.21 bits per heavy atom. The smallest absolute Gasteiger partial charge is 0.260 e. The molecular weight excluding hydrogens is 260 g/mol. The maximum absolute atomic E-state index is 11.2. The Morgan fingerprint density at radius 2 is 2.37 bits per heavy atom. The number of fused-ring (bicyclic) bond motifs is 1. The van der Waals surface area contributed by atoms with Crippen LogP contribution in [0.2, 0.25) is 0 Å². The predicted octanol–water partition coefficient (Wildman–Crippen LogP) is 2.34. The summed E-state index contributed by atoms with van der Waals surface area (Å²) in [5.41, 5.74) is 8.05. The molecule has 0 aliphatic heterocycles. The highest BCUT2D eigenvalue weighted by Crippen LogP contribution is 2.23. The first-order valence-corrected chi connectivity index (χ1v) is 6.66. The number of aromatic nitrogens is 2. The van der Waals surface area contributed by atoms with E-state index in [2.05, 4.69) is 15.3 Å². The van der Waals surface area contributed by atoms with Crippen LogP contribution in [-0.2, 0) is 6.54 Å². The second kappa shape index (κ2) is 4.74.